The van der Waals surface area contributed by atoms with Gasteiger partial charge >= 0.3 is 5.97 Å². The van der Waals surface area contributed by atoms with Crippen molar-refractivity contribution in [2.75, 3.05) is 13.1 Å². The fourth-order valence-electron chi connectivity index (χ4n) is 3.62. The molecule has 1 aromatic heterocycles. The fraction of sp³-hybridized carbons (Fsp3) is 0.292. The van der Waals surface area contributed by atoms with Crippen molar-refractivity contribution in [2.24, 2.45) is 5.92 Å². The Hall–Kier alpha value is -2.93. The van der Waals surface area contributed by atoms with Crippen LogP contribution in [-0.4, -0.2) is 34.8 Å². The third-order valence-electron chi connectivity index (χ3n) is 5.47. The van der Waals surface area contributed by atoms with Crippen LogP contribution < -0.4 is 0 Å². The molecule has 0 N–H and O–H groups in total. The molecular formula is C24H23BrN2O4. The van der Waals surface area contributed by atoms with E-state index in [1.807, 2.05) is 49.4 Å². The highest BCUT2D eigenvalue weighted by Gasteiger charge is 2.29. The SMILES string of the molecule is Cc1oc(-c2ccccc2)nc1COC(=O)C1CCN(C(=O)c2ccc(Br)cc2)CC1. The number of halogens is 1. The van der Waals surface area contributed by atoms with Gasteiger partial charge < -0.3 is 14.1 Å². The van der Waals surface area contributed by atoms with Crippen molar-refractivity contribution in [3.8, 4) is 11.5 Å². The molecule has 0 saturated carbocycles. The number of aromatic nitrogens is 1. The highest BCUT2D eigenvalue weighted by molar-refractivity contribution is 9.10. The van der Waals surface area contributed by atoms with E-state index in [4.69, 9.17) is 9.15 Å². The molecule has 0 bridgehead atoms. The lowest BCUT2D eigenvalue weighted by Gasteiger charge is -2.31. The van der Waals surface area contributed by atoms with Gasteiger partial charge in [-0.3, -0.25) is 9.59 Å². The van der Waals surface area contributed by atoms with Crippen molar-refractivity contribution in [2.45, 2.75) is 26.4 Å². The van der Waals surface area contributed by atoms with Crippen molar-refractivity contribution in [3.05, 3.63) is 76.1 Å². The topological polar surface area (TPSA) is 72.6 Å². The number of oxazole rings is 1. The van der Waals surface area contributed by atoms with E-state index < -0.39 is 0 Å². The van der Waals surface area contributed by atoms with Crippen molar-refractivity contribution >= 4 is 27.8 Å². The van der Waals surface area contributed by atoms with Crippen LogP contribution in [0.4, 0.5) is 0 Å². The van der Waals surface area contributed by atoms with Crippen LogP contribution in [0.25, 0.3) is 11.5 Å². The van der Waals surface area contributed by atoms with E-state index in [1.54, 1.807) is 17.0 Å². The van der Waals surface area contributed by atoms with E-state index in [9.17, 15) is 9.59 Å². The number of benzene rings is 2. The van der Waals surface area contributed by atoms with Crippen LogP contribution in [0, 0.1) is 12.8 Å². The molecule has 3 aromatic rings. The minimum atomic E-state index is -0.251. The molecule has 1 aliphatic rings. The zero-order valence-electron chi connectivity index (χ0n) is 17.2. The van der Waals surface area contributed by atoms with Crippen molar-refractivity contribution in [1.29, 1.82) is 0 Å². The molecule has 0 atom stereocenters. The van der Waals surface area contributed by atoms with Gasteiger partial charge in [0.1, 0.15) is 18.1 Å². The van der Waals surface area contributed by atoms with E-state index in [1.165, 1.54) is 0 Å². The number of rotatable bonds is 5. The second kappa shape index (κ2) is 9.47. The summed E-state index contributed by atoms with van der Waals surface area (Å²) in [6, 6.07) is 16.9. The first-order valence-corrected chi connectivity index (χ1v) is 11.0. The molecule has 160 valence electrons. The van der Waals surface area contributed by atoms with E-state index in [-0.39, 0.29) is 24.4 Å². The highest BCUT2D eigenvalue weighted by atomic mass is 79.9. The van der Waals surface area contributed by atoms with Crippen LogP contribution in [0.2, 0.25) is 0 Å². The zero-order valence-corrected chi connectivity index (χ0v) is 18.8. The molecule has 1 aliphatic heterocycles. The van der Waals surface area contributed by atoms with Gasteiger partial charge in [-0.2, -0.15) is 0 Å². The minimum Gasteiger partial charge on any atom is -0.459 e. The number of carbonyl (C=O) groups is 2. The van der Waals surface area contributed by atoms with E-state index in [0.29, 0.717) is 48.8 Å². The molecule has 1 fully saturated rings. The summed E-state index contributed by atoms with van der Waals surface area (Å²) in [5, 5.41) is 0. The maximum absolute atomic E-state index is 12.6. The number of piperidine rings is 1. The predicted molar refractivity (Wildman–Crippen MR) is 119 cm³/mol. The second-order valence-corrected chi connectivity index (χ2v) is 8.48. The standard InChI is InChI=1S/C24H23BrN2O4/c1-16-21(26-22(31-16)17-5-3-2-4-6-17)15-30-24(29)19-11-13-27(14-12-19)23(28)18-7-9-20(25)10-8-18/h2-10,19H,11-15H2,1H3. The Morgan fingerprint density at radius 1 is 1.10 bits per heavy atom. The summed E-state index contributed by atoms with van der Waals surface area (Å²) in [6.07, 6.45) is 1.18. The number of hydrogen-bond acceptors (Lipinski definition) is 5. The summed E-state index contributed by atoms with van der Waals surface area (Å²) in [6.45, 7) is 2.97. The Bertz CT molecular complexity index is 1050. The first-order valence-electron chi connectivity index (χ1n) is 10.2. The summed E-state index contributed by atoms with van der Waals surface area (Å²) < 4.78 is 12.2. The smallest absolute Gasteiger partial charge is 0.309 e. The van der Waals surface area contributed by atoms with Crippen LogP contribution in [0.1, 0.15) is 34.7 Å². The van der Waals surface area contributed by atoms with Crippen molar-refractivity contribution in [3.63, 3.8) is 0 Å². The Balaban J connectivity index is 1.29. The van der Waals surface area contributed by atoms with Gasteiger partial charge in [-0.15, -0.1) is 0 Å². The van der Waals surface area contributed by atoms with Crippen LogP contribution in [0.5, 0.6) is 0 Å². The van der Waals surface area contributed by atoms with Gasteiger partial charge in [-0.1, -0.05) is 34.1 Å². The monoisotopic (exact) mass is 482 g/mol. The van der Waals surface area contributed by atoms with Gasteiger partial charge in [0.15, 0.2) is 0 Å². The molecule has 0 unspecified atom stereocenters. The highest BCUT2D eigenvalue weighted by Crippen LogP contribution is 2.24. The molecule has 1 saturated heterocycles. The molecule has 2 aromatic carbocycles. The zero-order chi connectivity index (χ0) is 21.8. The largest absolute Gasteiger partial charge is 0.459 e. The lowest BCUT2D eigenvalue weighted by Crippen LogP contribution is -2.40. The summed E-state index contributed by atoms with van der Waals surface area (Å²) in [4.78, 5) is 31.4. The lowest BCUT2D eigenvalue weighted by molar-refractivity contribution is -0.151. The summed E-state index contributed by atoms with van der Waals surface area (Å²) in [7, 11) is 0. The normalized spacial score (nSPS) is 14.5. The second-order valence-electron chi connectivity index (χ2n) is 7.57. The van der Waals surface area contributed by atoms with E-state index in [2.05, 4.69) is 20.9 Å². The van der Waals surface area contributed by atoms with Crippen LogP contribution in [-0.2, 0) is 16.1 Å². The molecule has 1 amide bonds. The molecular weight excluding hydrogens is 460 g/mol. The van der Waals surface area contributed by atoms with Crippen LogP contribution in [0.3, 0.4) is 0 Å². The quantitative estimate of drug-likeness (QED) is 0.478. The van der Waals surface area contributed by atoms with Gasteiger partial charge in [0.25, 0.3) is 5.91 Å². The molecule has 7 heteroatoms. The number of hydrogen-bond donors (Lipinski definition) is 0. The minimum absolute atomic E-state index is 0.00835. The fourth-order valence-corrected chi connectivity index (χ4v) is 3.88. The third-order valence-corrected chi connectivity index (χ3v) is 6.00. The van der Waals surface area contributed by atoms with Crippen molar-refractivity contribution in [1.82, 2.24) is 9.88 Å². The number of ether oxygens (including phenoxy) is 1. The molecule has 0 spiro atoms. The Labute approximate surface area is 189 Å². The maximum atomic E-state index is 12.6. The molecule has 0 radical (unpaired) electrons. The summed E-state index contributed by atoms with van der Waals surface area (Å²) in [5.74, 6) is 0.686. The number of aryl methyl sites for hydroxylation is 1. The molecule has 6 nitrogen and oxygen atoms in total. The Morgan fingerprint density at radius 2 is 1.77 bits per heavy atom. The first kappa shape index (κ1) is 21.3. The summed E-state index contributed by atoms with van der Waals surface area (Å²) >= 11 is 3.38. The number of amides is 1. The number of likely N-dealkylation sites (tertiary alicyclic amines) is 1. The predicted octanol–water partition coefficient (Wildman–Crippen LogP) is 5.01. The van der Waals surface area contributed by atoms with Crippen LogP contribution in [0.15, 0.2) is 63.5 Å². The molecule has 4 rings (SSSR count). The third kappa shape index (κ3) is 5.05. The molecule has 31 heavy (non-hydrogen) atoms. The molecule has 0 aliphatic carbocycles. The van der Waals surface area contributed by atoms with E-state index >= 15 is 0 Å². The van der Waals surface area contributed by atoms with Gasteiger partial charge in [0.05, 0.1) is 5.92 Å². The van der Waals surface area contributed by atoms with Gasteiger partial charge in [-0.05, 0) is 56.2 Å². The number of esters is 1. The summed E-state index contributed by atoms with van der Waals surface area (Å²) in [5.41, 5.74) is 2.15. The molecule has 2 heterocycles. The van der Waals surface area contributed by atoms with Crippen molar-refractivity contribution < 1.29 is 18.7 Å². The van der Waals surface area contributed by atoms with Crippen LogP contribution >= 0.6 is 15.9 Å². The lowest BCUT2D eigenvalue weighted by atomic mass is 9.96. The first-order chi connectivity index (χ1) is 15.0. The number of carbonyl (C=O) groups excluding carboxylic acids is 2. The van der Waals surface area contributed by atoms with Gasteiger partial charge in [-0.25, -0.2) is 4.98 Å². The number of nitrogens with zero attached hydrogens (tertiary/aromatic N) is 2. The van der Waals surface area contributed by atoms with E-state index in [0.717, 1.165) is 10.0 Å². The maximum Gasteiger partial charge on any atom is 0.309 e. The van der Waals surface area contributed by atoms with Gasteiger partial charge in [0, 0.05) is 28.7 Å². The Kier molecular flexibility index (Phi) is 6.51. The average Bonchev–Trinajstić information content (AvgIpc) is 3.18. The van der Waals surface area contributed by atoms with Gasteiger partial charge in [0.2, 0.25) is 5.89 Å². The average molecular weight is 483 g/mol. The Morgan fingerprint density at radius 3 is 2.45 bits per heavy atom.